The fraction of sp³-hybridized carbons (Fsp3) is 0.273. The largest absolute Gasteiger partial charge is 0.497 e. The quantitative estimate of drug-likeness (QED) is 0.705. The van der Waals surface area contributed by atoms with Crippen molar-refractivity contribution >= 4 is 0 Å². The number of aliphatic hydroxyl groups excluding tert-OH is 1. The number of hydrogen-bond donors (Lipinski definition) is 2. The zero-order valence-corrected chi connectivity index (χ0v) is 8.10. The molecule has 76 valence electrons. The lowest BCUT2D eigenvalue weighted by Gasteiger charge is -2.21. The van der Waals surface area contributed by atoms with E-state index >= 15 is 0 Å². The van der Waals surface area contributed by atoms with Crippen molar-refractivity contribution in [1.29, 1.82) is 0 Å². The molecule has 3 heteroatoms. The van der Waals surface area contributed by atoms with Crippen LogP contribution in [0.15, 0.2) is 36.9 Å². The highest BCUT2D eigenvalue weighted by molar-refractivity contribution is 5.33. The van der Waals surface area contributed by atoms with E-state index in [1.807, 2.05) is 0 Å². The molecule has 1 aromatic carbocycles. The van der Waals surface area contributed by atoms with Gasteiger partial charge in [-0.25, -0.2) is 0 Å². The van der Waals surface area contributed by atoms with E-state index in [1.165, 1.54) is 6.08 Å². The summed E-state index contributed by atoms with van der Waals surface area (Å²) in [5.41, 5.74) is -0.775. The van der Waals surface area contributed by atoms with Gasteiger partial charge in [-0.1, -0.05) is 24.8 Å². The van der Waals surface area contributed by atoms with Crippen LogP contribution in [-0.2, 0) is 5.60 Å². The van der Waals surface area contributed by atoms with Crippen LogP contribution in [0, 0.1) is 0 Å². The van der Waals surface area contributed by atoms with Crippen LogP contribution in [0.2, 0.25) is 0 Å². The van der Waals surface area contributed by atoms with Crippen molar-refractivity contribution in [3.63, 3.8) is 0 Å². The summed E-state index contributed by atoms with van der Waals surface area (Å²) in [6, 6.07) is 6.83. The minimum Gasteiger partial charge on any atom is -0.497 e. The lowest BCUT2D eigenvalue weighted by Crippen LogP contribution is -2.27. The van der Waals surface area contributed by atoms with Gasteiger partial charge in [0.2, 0.25) is 0 Å². The number of ether oxygens (including phenoxy) is 1. The number of benzene rings is 1. The van der Waals surface area contributed by atoms with Gasteiger partial charge in [-0.05, 0) is 17.7 Å². The third-order valence-corrected chi connectivity index (χ3v) is 2.17. The van der Waals surface area contributed by atoms with Gasteiger partial charge >= 0.3 is 0 Å². The fourth-order valence-corrected chi connectivity index (χ4v) is 1.15. The Bertz CT molecular complexity index is 305. The number of hydrogen-bond acceptors (Lipinski definition) is 3. The van der Waals surface area contributed by atoms with Crippen LogP contribution in [0.25, 0.3) is 0 Å². The third-order valence-electron chi connectivity index (χ3n) is 2.17. The summed E-state index contributed by atoms with van der Waals surface area (Å²) in [4.78, 5) is 0. The second-order valence-corrected chi connectivity index (χ2v) is 3.01. The van der Waals surface area contributed by atoms with Gasteiger partial charge < -0.3 is 14.9 Å². The summed E-state index contributed by atoms with van der Waals surface area (Å²) in [5, 5.41) is 18.9. The molecule has 0 aliphatic carbocycles. The maximum absolute atomic E-state index is 9.85. The van der Waals surface area contributed by atoms with Crippen LogP contribution >= 0.6 is 0 Å². The predicted octanol–water partition coefficient (Wildman–Crippen LogP) is 1.06. The normalized spacial score (nSPS) is 14.5. The van der Waals surface area contributed by atoms with E-state index in [9.17, 15) is 5.11 Å². The molecule has 1 aromatic rings. The van der Waals surface area contributed by atoms with Crippen molar-refractivity contribution < 1.29 is 14.9 Å². The maximum Gasteiger partial charge on any atom is 0.130 e. The molecule has 0 heterocycles. The van der Waals surface area contributed by atoms with Crippen molar-refractivity contribution in [1.82, 2.24) is 0 Å². The van der Waals surface area contributed by atoms with Crippen molar-refractivity contribution in [3.05, 3.63) is 42.5 Å². The molecule has 0 bridgehead atoms. The average Bonchev–Trinajstić information content (AvgIpc) is 2.28. The van der Waals surface area contributed by atoms with Crippen molar-refractivity contribution in [3.8, 4) is 5.75 Å². The van der Waals surface area contributed by atoms with Crippen LogP contribution in [-0.4, -0.2) is 23.9 Å². The topological polar surface area (TPSA) is 49.7 Å². The fourth-order valence-electron chi connectivity index (χ4n) is 1.15. The zero-order chi connectivity index (χ0) is 10.6. The number of methoxy groups -OCH3 is 1. The van der Waals surface area contributed by atoms with Crippen LogP contribution in [0.3, 0.4) is 0 Å². The first kappa shape index (κ1) is 10.8. The molecule has 0 saturated heterocycles. The van der Waals surface area contributed by atoms with Crippen molar-refractivity contribution in [2.45, 2.75) is 5.60 Å². The first-order valence-electron chi connectivity index (χ1n) is 4.27. The lowest BCUT2D eigenvalue weighted by molar-refractivity contribution is 0.0244. The molecule has 0 aliphatic rings. The Morgan fingerprint density at radius 2 is 2.00 bits per heavy atom. The highest BCUT2D eigenvalue weighted by Crippen LogP contribution is 2.23. The highest BCUT2D eigenvalue weighted by Gasteiger charge is 2.23. The second kappa shape index (κ2) is 4.26. The summed E-state index contributed by atoms with van der Waals surface area (Å²) in [6.45, 7) is 3.10. The van der Waals surface area contributed by atoms with E-state index in [2.05, 4.69) is 6.58 Å². The Morgan fingerprint density at radius 1 is 1.43 bits per heavy atom. The van der Waals surface area contributed by atoms with Gasteiger partial charge in [0.1, 0.15) is 11.4 Å². The van der Waals surface area contributed by atoms with Gasteiger partial charge in [0.15, 0.2) is 0 Å². The van der Waals surface area contributed by atoms with Crippen molar-refractivity contribution in [2.24, 2.45) is 0 Å². The minimum absolute atomic E-state index is 0.386. The van der Waals surface area contributed by atoms with Gasteiger partial charge in [0.05, 0.1) is 13.7 Å². The van der Waals surface area contributed by atoms with Crippen molar-refractivity contribution in [2.75, 3.05) is 13.7 Å². The molecule has 0 fully saturated rings. The van der Waals surface area contributed by atoms with E-state index in [-0.39, 0.29) is 6.61 Å². The van der Waals surface area contributed by atoms with Crippen LogP contribution in [0.1, 0.15) is 5.56 Å². The summed E-state index contributed by atoms with van der Waals surface area (Å²) >= 11 is 0. The molecule has 0 spiro atoms. The summed E-state index contributed by atoms with van der Waals surface area (Å²) < 4.78 is 4.98. The number of aliphatic hydroxyl groups is 2. The molecule has 1 atom stereocenters. The zero-order valence-electron chi connectivity index (χ0n) is 8.10. The van der Waals surface area contributed by atoms with Gasteiger partial charge in [-0.15, -0.1) is 0 Å². The maximum atomic E-state index is 9.85. The Kier molecular flexibility index (Phi) is 3.28. The minimum atomic E-state index is -1.37. The molecule has 0 aromatic heterocycles. The first-order chi connectivity index (χ1) is 6.66. The molecule has 0 amide bonds. The second-order valence-electron chi connectivity index (χ2n) is 3.01. The first-order valence-corrected chi connectivity index (χ1v) is 4.27. The van der Waals surface area contributed by atoms with Crippen LogP contribution in [0.4, 0.5) is 0 Å². The van der Waals surface area contributed by atoms with E-state index in [0.29, 0.717) is 11.3 Å². The molecule has 1 rings (SSSR count). The molecule has 14 heavy (non-hydrogen) atoms. The monoisotopic (exact) mass is 194 g/mol. The summed E-state index contributed by atoms with van der Waals surface area (Å²) in [7, 11) is 1.57. The third kappa shape index (κ3) is 1.95. The highest BCUT2D eigenvalue weighted by atomic mass is 16.5. The lowest BCUT2D eigenvalue weighted by atomic mass is 9.95. The molecular formula is C11H14O3. The number of rotatable bonds is 4. The smallest absolute Gasteiger partial charge is 0.130 e. The van der Waals surface area contributed by atoms with E-state index in [4.69, 9.17) is 9.84 Å². The Morgan fingerprint density at radius 3 is 2.36 bits per heavy atom. The van der Waals surface area contributed by atoms with Gasteiger partial charge in [-0.2, -0.15) is 0 Å². The van der Waals surface area contributed by atoms with Crippen LogP contribution in [0.5, 0.6) is 5.75 Å². The molecule has 2 N–H and O–H groups in total. The molecule has 3 nitrogen and oxygen atoms in total. The summed E-state index contributed by atoms with van der Waals surface area (Å²) in [5.74, 6) is 0.707. The predicted molar refractivity (Wildman–Crippen MR) is 54.2 cm³/mol. The molecule has 0 unspecified atom stereocenters. The van der Waals surface area contributed by atoms with E-state index in [1.54, 1.807) is 31.4 Å². The van der Waals surface area contributed by atoms with Gasteiger partial charge in [0.25, 0.3) is 0 Å². The Hall–Kier alpha value is -1.32. The average molecular weight is 194 g/mol. The Balaban J connectivity index is 3.01. The standard InChI is InChI=1S/C11H14O3/c1-3-11(13,8-12)9-4-6-10(14-2)7-5-9/h3-7,12-13H,1,8H2,2H3/t11-/m1/s1. The Labute approximate surface area is 83.3 Å². The van der Waals surface area contributed by atoms with Gasteiger partial charge in [0, 0.05) is 0 Å². The SMILES string of the molecule is C=C[C@@](O)(CO)c1ccc(OC)cc1. The molecule has 0 saturated carbocycles. The molecular weight excluding hydrogens is 180 g/mol. The van der Waals surface area contributed by atoms with Gasteiger partial charge in [-0.3, -0.25) is 0 Å². The van der Waals surface area contributed by atoms with E-state index in [0.717, 1.165) is 0 Å². The summed E-state index contributed by atoms with van der Waals surface area (Å²) in [6.07, 6.45) is 1.31. The van der Waals surface area contributed by atoms with E-state index < -0.39 is 5.60 Å². The van der Waals surface area contributed by atoms with Crippen LogP contribution < -0.4 is 4.74 Å². The molecule has 0 radical (unpaired) electrons. The molecule has 0 aliphatic heterocycles.